The van der Waals surface area contributed by atoms with E-state index in [0.29, 0.717) is 27.0 Å². The standard InChI is InChI=1S/C34H34Cl2N4O4/c1-21(23-9-7-6-8-10-23)37-32(41)30-27-20-39(33(42)44-34(2,3)4)19-24(17-22-11-14-26(43-5)15-12-22)31(27)40(38-30)29-16-13-25(35)18-28(29)36/h6-18,21H,19-20H2,1-5H3,(H,37,41)/b24-17+. The zero-order chi connectivity index (χ0) is 31.6. The smallest absolute Gasteiger partial charge is 0.410 e. The summed E-state index contributed by atoms with van der Waals surface area (Å²) in [6, 6.07) is 22.1. The molecule has 2 amide bonds. The van der Waals surface area contributed by atoms with Gasteiger partial charge in [-0.15, -0.1) is 0 Å². The van der Waals surface area contributed by atoms with Crippen molar-refractivity contribution in [1.29, 1.82) is 0 Å². The number of nitrogens with zero attached hydrogens (tertiary/aromatic N) is 3. The highest BCUT2D eigenvalue weighted by Crippen LogP contribution is 2.36. The summed E-state index contributed by atoms with van der Waals surface area (Å²) in [4.78, 5) is 28.9. The molecule has 0 spiro atoms. The number of methoxy groups -OCH3 is 1. The van der Waals surface area contributed by atoms with Gasteiger partial charge in [0.05, 0.1) is 42.6 Å². The first-order valence-electron chi connectivity index (χ1n) is 14.2. The molecule has 1 aliphatic heterocycles. The summed E-state index contributed by atoms with van der Waals surface area (Å²) in [6.45, 7) is 7.69. The van der Waals surface area contributed by atoms with E-state index < -0.39 is 11.7 Å². The van der Waals surface area contributed by atoms with Gasteiger partial charge in [-0.2, -0.15) is 5.10 Å². The van der Waals surface area contributed by atoms with Crippen LogP contribution in [0.15, 0.2) is 72.8 Å². The molecule has 8 nitrogen and oxygen atoms in total. The van der Waals surface area contributed by atoms with Gasteiger partial charge in [0.25, 0.3) is 5.91 Å². The van der Waals surface area contributed by atoms with E-state index in [4.69, 9.17) is 37.8 Å². The first-order chi connectivity index (χ1) is 20.9. The second kappa shape index (κ2) is 12.8. The van der Waals surface area contributed by atoms with Crippen LogP contribution in [0.3, 0.4) is 0 Å². The average molecular weight is 634 g/mol. The SMILES string of the molecule is COc1ccc(/C=C2\CN(C(=O)OC(C)(C)C)Cc3c(C(=O)NC(C)c4ccccc4)nn(-c4ccc(Cl)cc4Cl)c32)cc1. The second-order valence-corrected chi connectivity index (χ2v) is 12.4. The van der Waals surface area contributed by atoms with E-state index in [1.807, 2.05) is 88.4 Å². The summed E-state index contributed by atoms with van der Waals surface area (Å²) in [5.74, 6) is 0.340. The molecular formula is C34H34Cl2N4O4. The number of amides is 2. The van der Waals surface area contributed by atoms with E-state index in [-0.39, 0.29) is 30.7 Å². The number of hydrogen-bond acceptors (Lipinski definition) is 5. The van der Waals surface area contributed by atoms with Crippen LogP contribution >= 0.6 is 23.2 Å². The predicted octanol–water partition coefficient (Wildman–Crippen LogP) is 7.97. The van der Waals surface area contributed by atoms with Gasteiger partial charge in [-0.1, -0.05) is 65.7 Å². The Morgan fingerprint density at radius 3 is 2.34 bits per heavy atom. The third-order valence-corrected chi connectivity index (χ3v) is 7.64. The van der Waals surface area contributed by atoms with Crippen molar-refractivity contribution in [2.24, 2.45) is 0 Å². The van der Waals surface area contributed by atoms with Crippen molar-refractivity contribution in [1.82, 2.24) is 20.0 Å². The lowest BCUT2D eigenvalue weighted by molar-refractivity contribution is 0.0254. The molecule has 0 aliphatic carbocycles. The third-order valence-electron chi connectivity index (χ3n) is 7.11. The first-order valence-corrected chi connectivity index (χ1v) is 14.9. The number of carbonyl (C=O) groups excluding carboxylic acids is 2. The maximum atomic E-state index is 13.9. The summed E-state index contributed by atoms with van der Waals surface area (Å²) in [5, 5.41) is 8.74. The summed E-state index contributed by atoms with van der Waals surface area (Å²) in [6.07, 6.45) is 1.47. The van der Waals surface area contributed by atoms with E-state index >= 15 is 0 Å². The quantitative estimate of drug-likeness (QED) is 0.233. The fraction of sp³-hybridized carbons (Fsp3) is 0.265. The van der Waals surface area contributed by atoms with Crippen LogP contribution in [-0.2, 0) is 11.3 Å². The van der Waals surface area contributed by atoms with E-state index in [9.17, 15) is 9.59 Å². The van der Waals surface area contributed by atoms with Gasteiger partial charge < -0.3 is 14.8 Å². The Morgan fingerprint density at radius 1 is 1.00 bits per heavy atom. The van der Waals surface area contributed by atoms with Crippen molar-refractivity contribution in [2.45, 2.75) is 45.9 Å². The van der Waals surface area contributed by atoms with Crippen LogP contribution in [0, 0.1) is 0 Å². The van der Waals surface area contributed by atoms with Gasteiger partial charge >= 0.3 is 6.09 Å². The lowest BCUT2D eigenvalue weighted by atomic mass is 9.97. The number of rotatable bonds is 6. The molecular weight excluding hydrogens is 599 g/mol. The number of fused-ring (bicyclic) bond motifs is 1. The highest BCUT2D eigenvalue weighted by molar-refractivity contribution is 6.35. The van der Waals surface area contributed by atoms with Crippen LogP contribution in [0.4, 0.5) is 4.79 Å². The van der Waals surface area contributed by atoms with Crippen molar-refractivity contribution >= 4 is 46.9 Å². The Kier molecular flexibility index (Phi) is 9.04. The molecule has 1 aromatic heterocycles. The number of aromatic nitrogens is 2. The minimum absolute atomic E-state index is 0.109. The zero-order valence-corrected chi connectivity index (χ0v) is 26.7. The van der Waals surface area contributed by atoms with Crippen LogP contribution < -0.4 is 10.1 Å². The van der Waals surface area contributed by atoms with Gasteiger partial charge in [0.15, 0.2) is 5.69 Å². The van der Waals surface area contributed by atoms with Crippen LogP contribution in [-0.4, -0.2) is 45.9 Å². The second-order valence-electron chi connectivity index (χ2n) is 11.6. The molecule has 3 aromatic carbocycles. The molecule has 1 N–H and O–H groups in total. The molecule has 44 heavy (non-hydrogen) atoms. The predicted molar refractivity (Wildman–Crippen MR) is 173 cm³/mol. The monoisotopic (exact) mass is 632 g/mol. The van der Waals surface area contributed by atoms with E-state index in [1.54, 1.807) is 34.9 Å². The lowest BCUT2D eigenvalue weighted by Gasteiger charge is -2.32. The van der Waals surface area contributed by atoms with Crippen molar-refractivity contribution < 1.29 is 19.1 Å². The largest absolute Gasteiger partial charge is 0.497 e. The zero-order valence-electron chi connectivity index (χ0n) is 25.2. The molecule has 0 saturated heterocycles. The van der Waals surface area contributed by atoms with Crippen LogP contribution in [0.1, 0.15) is 66.6 Å². The topological polar surface area (TPSA) is 85.7 Å². The third kappa shape index (κ3) is 6.93. The molecule has 0 bridgehead atoms. The Labute approximate surface area is 267 Å². The number of nitrogens with one attached hydrogen (secondary N) is 1. The molecule has 0 saturated carbocycles. The maximum absolute atomic E-state index is 13.9. The van der Waals surface area contributed by atoms with E-state index in [2.05, 4.69) is 5.32 Å². The van der Waals surface area contributed by atoms with Gasteiger partial charge in [0.2, 0.25) is 0 Å². The fourth-order valence-electron chi connectivity index (χ4n) is 5.03. The van der Waals surface area contributed by atoms with Gasteiger partial charge in [0.1, 0.15) is 11.4 Å². The number of hydrogen-bond donors (Lipinski definition) is 1. The van der Waals surface area contributed by atoms with Crippen LogP contribution in [0.5, 0.6) is 5.75 Å². The molecule has 5 rings (SSSR count). The van der Waals surface area contributed by atoms with Gasteiger partial charge in [-0.05, 0) is 80.8 Å². The minimum atomic E-state index is -0.705. The summed E-state index contributed by atoms with van der Waals surface area (Å²) < 4.78 is 12.7. The van der Waals surface area contributed by atoms with Gasteiger partial charge in [-0.3, -0.25) is 9.69 Å². The average Bonchev–Trinajstić information content (AvgIpc) is 3.37. The fourth-order valence-corrected chi connectivity index (χ4v) is 5.52. The highest BCUT2D eigenvalue weighted by Gasteiger charge is 2.35. The number of carbonyl (C=O) groups is 2. The maximum Gasteiger partial charge on any atom is 0.410 e. The molecule has 1 atom stereocenters. The highest BCUT2D eigenvalue weighted by atomic mass is 35.5. The molecule has 0 fully saturated rings. The molecule has 0 radical (unpaired) electrons. The van der Waals surface area contributed by atoms with Crippen LogP contribution in [0.2, 0.25) is 10.0 Å². The molecule has 2 heterocycles. The molecule has 1 aliphatic rings. The number of halogens is 2. The lowest BCUT2D eigenvalue weighted by Crippen LogP contribution is -2.40. The van der Waals surface area contributed by atoms with Gasteiger partial charge in [0, 0.05) is 10.6 Å². The Bertz CT molecular complexity index is 1710. The Morgan fingerprint density at radius 2 is 1.70 bits per heavy atom. The molecule has 228 valence electrons. The normalized spacial score (nSPS) is 14.6. The summed E-state index contributed by atoms with van der Waals surface area (Å²) in [7, 11) is 1.61. The number of benzene rings is 3. The van der Waals surface area contributed by atoms with Crippen molar-refractivity contribution in [3.63, 3.8) is 0 Å². The Balaban J connectivity index is 1.67. The van der Waals surface area contributed by atoms with Gasteiger partial charge in [-0.25, -0.2) is 9.48 Å². The summed E-state index contributed by atoms with van der Waals surface area (Å²) >= 11 is 12.9. The Hall–Kier alpha value is -4.27. The van der Waals surface area contributed by atoms with Crippen molar-refractivity contribution in [3.8, 4) is 11.4 Å². The molecule has 1 unspecified atom stereocenters. The van der Waals surface area contributed by atoms with Crippen molar-refractivity contribution in [3.05, 3.63) is 111 Å². The molecule has 4 aromatic rings. The summed E-state index contributed by atoms with van der Waals surface area (Å²) in [5.41, 5.74) is 3.84. The van der Waals surface area contributed by atoms with Crippen molar-refractivity contribution in [2.75, 3.05) is 13.7 Å². The molecule has 10 heteroatoms. The number of ether oxygens (including phenoxy) is 2. The van der Waals surface area contributed by atoms with E-state index in [1.165, 1.54) is 0 Å². The van der Waals surface area contributed by atoms with Crippen LogP contribution in [0.25, 0.3) is 17.3 Å². The minimum Gasteiger partial charge on any atom is -0.497 e. The van der Waals surface area contributed by atoms with E-state index in [0.717, 1.165) is 22.4 Å². The first kappa shape index (κ1) is 31.2.